The molecule has 3 aromatic rings. The van der Waals surface area contributed by atoms with Gasteiger partial charge in [0.05, 0.1) is 12.7 Å². The van der Waals surface area contributed by atoms with Gasteiger partial charge >= 0.3 is 5.97 Å². The van der Waals surface area contributed by atoms with Gasteiger partial charge < -0.3 is 15.4 Å². The van der Waals surface area contributed by atoms with E-state index in [4.69, 9.17) is 4.74 Å². The number of rotatable bonds is 5. The Labute approximate surface area is 162 Å². The molecule has 0 radical (unpaired) electrons. The largest absolute Gasteiger partial charge is 0.465 e. The Morgan fingerprint density at radius 3 is 2.61 bits per heavy atom. The first-order chi connectivity index (χ1) is 13.5. The van der Waals surface area contributed by atoms with Gasteiger partial charge in [-0.25, -0.2) is 14.8 Å². The van der Waals surface area contributed by atoms with Crippen LogP contribution in [0.1, 0.15) is 32.0 Å². The van der Waals surface area contributed by atoms with Crippen molar-refractivity contribution in [1.82, 2.24) is 9.97 Å². The molecule has 0 saturated heterocycles. The van der Waals surface area contributed by atoms with Crippen molar-refractivity contribution in [2.45, 2.75) is 13.8 Å². The highest BCUT2D eigenvalue weighted by molar-refractivity contribution is 6.03. The number of aryl methyl sites for hydroxylation is 2. The van der Waals surface area contributed by atoms with Crippen molar-refractivity contribution >= 4 is 29.2 Å². The van der Waals surface area contributed by atoms with Crippen LogP contribution in [0.15, 0.2) is 54.7 Å². The molecule has 2 aromatic carbocycles. The fourth-order valence-corrected chi connectivity index (χ4v) is 2.66. The average Bonchev–Trinajstić information content (AvgIpc) is 2.70. The van der Waals surface area contributed by atoms with Crippen LogP contribution in [0.2, 0.25) is 0 Å². The molecule has 28 heavy (non-hydrogen) atoms. The van der Waals surface area contributed by atoms with Crippen molar-refractivity contribution in [2.75, 3.05) is 17.7 Å². The molecule has 2 N–H and O–H groups in total. The summed E-state index contributed by atoms with van der Waals surface area (Å²) in [6.45, 7) is 3.93. The van der Waals surface area contributed by atoms with E-state index in [-0.39, 0.29) is 17.5 Å². The van der Waals surface area contributed by atoms with Crippen molar-refractivity contribution in [3.8, 4) is 0 Å². The number of aromatic nitrogens is 2. The van der Waals surface area contributed by atoms with Gasteiger partial charge in [0.1, 0.15) is 5.69 Å². The SMILES string of the molecule is COC(=O)c1cccc(Nc2nccc(C(=O)Nc3ccc(C)cc3C)n2)c1. The smallest absolute Gasteiger partial charge is 0.337 e. The van der Waals surface area contributed by atoms with E-state index in [2.05, 4.69) is 20.6 Å². The van der Waals surface area contributed by atoms with Crippen LogP contribution in [0.4, 0.5) is 17.3 Å². The van der Waals surface area contributed by atoms with Crippen LogP contribution in [-0.2, 0) is 4.74 Å². The predicted octanol–water partition coefficient (Wildman–Crippen LogP) is 3.88. The zero-order chi connectivity index (χ0) is 20.1. The first kappa shape index (κ1) is 19.0. The molecule has 0 bridgehead atoms. The molecule has 3 rings (SSSR count). The third kappa shape index (κ3) is 4.50. The fraction of sp³-hybridized carbons (Fsp3) is 0.143. The molecule has 0 aliphatic rings. The Hall–Kier alpha value is -3.74. The number of methoxy groups -OCH3 is 1. The van der Waals surface area contributed by atoms with Gasteiger partial charge in [0.25, 0.3) is 5.91 Å². The fourth-order valence-electron chi connectivity index (χ4n) is 2.66. The lowest BCUT2D eigenvalue weighted by Gasteiger charge is -2.10. The number of esters is 1. The summed E-state index contributed by atoms with van der Waals surface area (Å²) in [4.78, 5) is 32.6. The summed E-state index contributed by atoms with van der Waals surface area (Å²) in [6.07, 6.45) is 1.50. The van der Waals surface area contributed by atoms with E-state index < -0.39 is 5.97 Å². The molecule has 1 aromatic heterocycles. The number of nitrogens with one attached hydrogen (secondary N) is 2. The molecule has 142 valence electrons. The molecule has 0 saturated carbocycles. The summed E-state index contributed by atoms with van der Waals surface area (Å²) in [7, 11) is 1.32. The van der Waals surface area contributed by atoms with Crippen molar-refractivity contribution < 1.29 is 14.3 Å². The summed E-state index contributed by atoms with van der Waals surface area (Å²) in [6, 6.07) is 14.1. The zero-order valence-corrected chi connectivity index (χ0v) is 15.8. The van der Waals surface area contributed by atoms with Crippen molar-refractivity contribution in [3.63, 3.8) is 0 Å². The van der Waals surface area contributed by atoms with E-state index in [1.807, 2.05) is 32.0 Å². The summed E-state index contributed by atoms with van der Waals surface area (Å²) in [5.74, 6) is -0.526. The lowest BCUT2D eigenvalue weighted by Crippen LogP contribution is -2.15. The van der Waals surface area contributed by atoms with Gasteiger partial charge in [-0.2, -0.15) is 0 Å². The van der Waals surface area contributed by atoms with Gasteiger partial charge in [0.2, 0.25) is 5.95 Å². The van der Waals surface area contributed by atoms with Crippen molar-refractivity contribution in [1.29, 1.82) is 0 Å². The number of nitrogens with zero attached hydrogens (tertiary/aromatic N) is 2. The molecule has 7 heteroatoms. The van der Waals surface area contributed by atoms with E-state index in [1.54, 1.807) is 24.3 Å². The normalized spacial score (nSPS) is 10.2. The summed E-state index contributed by atoms with van der Waals surface area (Å²) < 4.78 is 4.71. The molecular weight excluding hydrogens is 356 g/mol. The Morgan fingerprint density at radius 1 is 1.04 bits per heavy atom. The maximum Gasteiger partial charge on any atom is 0.337 e. The Bertz CT molecular complexity index is 1030. The van der Waals surface area contributed by atoms with Crippen LogP contribution in [-0.4, -0.2) is 29.0 Å². The molecule has 7 nitrogen and oxygen atoms in total. The van der Waals surface area contributed by atoms with E-state index in [1.165, 1.54) is 19.4 Å². The van der Waals surface area contributed by atoms with E-state index in [0.29, 0.717) is 11.3 Å². The highest BCUT2D eigenvalue weighted by atomic mass is 16.5. The maximum absolute atomic E-state index is 12.5. The molecule has 0 unspecified atom stereocenters. The highest BCUT2D eigenvalue weighted by Crippen LogP contribution is 2.18. The van der Waals surface area contributed by atoms with Gasteiger partial charge in [0.15, 0.2) is 0 Å². The first-order valence-electron chi connectivity index (χ1n) is 8.63. The Balaban J connectivity index is 1.77. The second-order valence-electron chi connectivity index (χ2n) is 6.24. The number of hydrogen-bond donors (Lipinski definition) is 2. The number of anilines is 3. The lowest BCUT2D eigenvalue weighted by molar-refractivity contribution is 0.0600. The van der Waals surface area contributed by atoms with Crippen LogP contribution in [0.5, 0.6) is 0 Å². The van der Waals surface area contributed by atoms with E-state index >= 15 is 0 Å². The zero-order valence-electron chi connectivity index (χ0n) is 15.8. The van der Waals surface area contributed by atoms with Gasteiger partial charge in [-0.3, -0.25) is 4.79 Å². The topological polar surface area (TPSA) is 93.2 Å². The predicted molar refractivity (Wildman–Crippen MR) is 107 cm³/mol. The minimum Gasteiger partial charge on any atom is -0.465 e. The van der Waals surface area contributed by atoms with Crippen LogP contribution in [0, 0.1) is 13.8 Å². The number of ether oxygens (including phenoxy) is 1. The molecular formula is C21H20N4O3. The first-order valence-corrected chi connectivity index (χ1v) is 8.63. The molecule has 1 heterocycles. The average molecular weight is 376 g/mol. The van der Waals surface area contributed by atoms with Gasteiger partial charge in [-0.05, 0) is 49.7 Å². The number of carbonyl (C=O) groups is 2. The summed E-state index contributed by atoms with van der Waals surface area (Å²) in [5.41, 5.74) is 4.06. The van der Waals surface area contributed by atoms with Crippen LogP contribution in [0.3, 0.4) is 0 Å². The van der Waals surface area contributed by atoms with Gasteiger partial charge in [0, 0.05) is 17.6 Å². The molecule has 0 aliphatic carbocycles. The van der Waals surface area contributed by atoms with Crippen molar-refractivity contribution in [3.05, 3.63) is 77.1 Å². The summed E-state index contributed by atoms with van der Waals surface area (Å²) in [5, 5.41) is 5.85. The second kappa shape index (κ2) is 8.30. The third-order valence-corrected chi connectivity index (χ3v) is 4.06. The summed E-state index contributed by atoms with van der Waals surface area (Å²) >= 11 is 0. The molecule has 1 amide bonds. The van der Waals surface area contributed by atoms with Crippen LogP contribution >= 0.6 is 0 Å². The van der Waals surface area contributed by atoms with Crippen molar-refractivity contribution in [2.24, 2.45) is 0 Å². The van der Waals surface area contributed by atoms with E-state index in [0.717, 1.165) is 16.8 Å². The molecule has 0 spiro atoms. The van der Waals surface area contributed by atoms with Gasteiger partial charge in [-0.15, -0.1) is 0 Å². The minimum atomic E-state index is -0.439. The Morgan fingerprint density at radius 2 is 1.86 bits per heavy atom. The van der Waals surface area contributed by atoms with Crippen LogP contribution < -0.4 is 10.6 Å². The number of benzene rings is 2. The van der Waals surface area contributed by atoms with E-state index in [9.17, 15) is 9.59 Å². The number of hydrogen-bond acceptors (Lipinski definition) is 6. The third-order valence-electron chi connectivity index (χ3n) is 4.06. The number of amides is 1. The molecule has 0 atom stereocenters. The maximum atomic E-state index is 12.5. The Kier molecular flexibility index (Phi) is 5.64. The standard InChI is InChI=1S/C21H20N4O3/c1-13-7-8-17(14(2)11-13)24-19(26)18-9-10-22-21(25-18)23-16-6-4-5-15(12-16)20(27)28-3/h4-12H,1-3H3,(H,24,26)(H,22,23,25). The molecule has 0 fully saturated rings. The quantitative estimate of drug-likeness (QED) is 0.657. The van der Waals surface area contributed by atoms with Crippen LogP contribution in [0.25, 0.3) is 0 Å². The monoisotopic (exact) mass is 376 g/mol. The number of carbonyl (C=O) groups excluding carboxylic acids is 2. The second-order valence-corrected chi connectivity index (χ2v) is 6.24. The van der Waals surface area contributed by atoms with Gasteiger partial charge in [-0.1, -0.05) is 23.8 Å². The highest BCUT2D eigenvalue weighted by Gasteiger charge is 2.12. The minimum absolute atomic E-state index is 0.224. The molecule has 0 aliphatic heterocycles. The lowest BCUT2D eigenvalue weighted by atomic mass is 10.1.